The second kappa shape index (κ2) is 19.3. The maximum absolute atomic E-state index is 11.6. The van der Waals surface area contributed by atoms with Crippen LogP contribution in [0.2, 0.25) is 0 Å². The summed E-state index contributed by atoms with van der Waals surface area (Å²) in [5.74, 6) is -0.751. The van der Waals surface area contributed by atoms with Crippen molar-refractivity contribution in [2.24, 2.45) is 28.9 Å². The molecular formula is C30H58N6O14. The minimum atomic E-state index is -1.56. The molecule has 19 atom stereocenters. The van der Waals surface area contributed by atoms with Crippen LogP contribution in [-0.2, 0) is 28.4 Å². The average Bonchev–Trinajstić information content (AvgIpc) is 3.40. The van der Waals surface area contributed by atoms with Crippen LogP contribution in [0.25, 0.3) is 0 Å². The third kappa shape index (κ3) is 10.1. The van der Waals surface area contributed by atoms with E-state index in [2.05, 4.69) is 10.6 Å². The lowest BCUT2D eigenvalue weighted by Crippen LogP contribution is -2.66. The highest BCUT2D eigenvalue weighted by Gasteiger charge is 2.53. The molecule has 2 unspecified atom stereocenters. The Hall–Kier alpha value is -1.06. The fraction of sp³-hybridized carbons (Fsp3) is 0.933. The lowest BCUT2D eigenvalue weighted by molar-refractivity contribution is -0.296. The predicted molar refractivity (Wildman–Crippen MR) is 172 cm³/mol. The molecule has 0 aromatic rings. The Bertz CT molecular complexity index is 1040. The zero-order chi connectivity index (χ0) is 36.7. The van der Waals surface area contributed by atoms with Crippen molar-refractivity contribution >= 4 is 0 Å². The molecule has 292 valence electrons. The lowest BCUT2D eigenvalue weighted by Gasteiger charge is -2.46. The molecule has 0 bridgehead atoms. The molecule has 20 nitrogen and oxygen atoms in total. The van der Waals surface area contributed by atoms with Gasteiger partial charge < -0.3 is 103 Å². The number of ether oxygens (including phenoxy) is 6. The molecule has 50 heavy (non-hydrogen) atoms. The average molecular weight is 727 g/mol. The molecule has 4 rings (SSSR count). The summed E-state index contributed by atoms with van der Waals surface area (Å²) in [6.45, 7) is 0.848. The summed E-state index contributed by atoms with van der Waals surface area (Å²) in [4.78, 5) is 0. The molecule has 3 aliphatic heterocycles. The number of nitrogens with one attached hydrogen (secondary N) is 2. The summed E-state index contributed by atoms with van der Waals surface area (Å²) in [6.07, 6.45) is -13.6. The van der Waals surface area contributed by atoms with E-state index in [1.165, 1.54) is 0 Å². The summed E-state index contributed by atoms with van der Waals surface area (Å²) >= 11 is 0. The molecular weight excluding hydrogens is 668 g/mol. The number of aliphatic hydroxyl groups excluding tert-OH is 8. The van der Waals surface area contributed by atoms with Gasteiger partial charge >= 0.3 is 0 Å². The Morgan fingerprint density at radius 2 is 1.46 bits per heavy atom. The highest BCUT2D eigenvalue weighted by Crippen LogP contribution is 2.35. The van der Waals surface area contributed by atoms with E-state index in [0.717, 1.165) is 0 Å². The van der Waals surface area contributed by atoms with Crippen molar-refractivity contribution in [3.63, 3.8) is 0 Å². The fourth-order valence-corrected chi connectivity index (χ4v) is 6.51. The van der Waals surface area contributed by atoms with Gasteiger partial charge in [0.05, 0.1) is 49.8 Å². The summed E-state index contributed by atoms with van der Waals surface area (Å²) in [7, 11) is 0. The maximum Gasteiger partial charge on any atom is 0.187 e. The van der Waals surface area contributed by atoms with Crippen LogP contribution in [0.15, 0.2) is 12.2 Å². The fourth-order valence-electron chi connectivity index (χ4n) is 6.51. The third-order valence-corrected chi connectivity index (χ3v) is 9.60. The van der Waals surface area contributed by atoms with Crippen LogP contribution >= 0.6 is 0 Å². The first kappa shape index (κ1) is 41.7. The van der Waals surface area contributed by atoms with Gasteiger partial charge in [-0.15, -0.1) is 0 Å². The van der Waals surface area contributed by atoms with Crippen molar-refractivity contribution in [2.75, 3.05) is 45.9 Å². The monoisotopic (exact) mass is 726 g/mol. The molecule has 0 aromatic heterocycles. The number of hydrogen-bond acceptors (Lipinski definition) is 20. The molecule has 0 aromatic carbocycles. The van der Waals surface area contributed by atoms with Gasteiger partial charge in [0, 0.05) is 50.7 Å². The Morgan fingerprint density at radius 1 is 0.780 bits per heavy atom. The Labute approximate surface area is 290 Å². The molecule has 20 heteroatoms. The smallest absolute Gasteiger partial charge is 0.187 e. The maximum atomic E-state index is 11.6. The lowest BCUT2D eigenvalue weighted by atomic mass is 9.83. The molecule has 0 spiro atoms. The highest BCUT2D eigenvalue weighted by molar-refractivity contribution is 5.06. The normalized spacial score (nSPS) is 45.1. The van der Waals surface area contributed by atoms with E-state index in [0.29, 0.717) is 0 Å². The molecule has 3 heterocycles. The van der Waals surface area contributed by atoms with Gasteiger partial charge in [-0.3, -0.25) is 0 Å². The Kier molecular flexibility index (Phi) is 16.1. The molecule has 3 fully saturated rings. The quantitative estimate of drug-likeness (QED) is 0.0619. The van der Waals surface area contributed by atoms with Crippen LogP contribution in [0, 0.1) is 5.92 Å². The van der Waals surface area contributed by atoms with Crippen LogP contribution in [0.3, 0.4) is 0 Å². The van der Waals surface area contributed by atoms with Gasteiger partial charge in [-0.2, -0.15) is 0 Å². The van der Waals surface area contributed by atoms with Gasteiger partial charge in [0.2, 0.25) is 0 Å². The van der Waals surface area contributed by atoms with Crippen molar-refractivity contribution in [2.45, 2.75) is 124 Å². The minimum Gasteiger partial charge on any atom is -0.394 e. The van der Waals surface area contributed by atoms with Crippen LogP contribution in [0.4, 0.5) is 0 Å². The third-order valence-electron chi connectivity index (χ3n) is 9.60. The van der Waals surface area contributed by atoms with Crippen molar-refractivity contribution in [3.8, 4) is 0 Å². The van der Waals surface area contributed by atoms with E-state index in [4.69, 9.17) is 56.5 Å². The number of nitrogens with two attached hydrogens (primary N) is 4. The predicted octanol–water partition coefficient (Wildman–Crippen LogP) is -7.82. The first-order valence-electron chi connectivity index (χ1n) is 17.1. The molecule has 18 N–H and O–H groups in total. The Balaban J connectivity index is 1.50. The molecule has 0 radical (unpaired) electrons. The van der Waals surface area contributed by atoms with Crippen LogP contribution in [0.5, 0.6) is 0 Å². The minimum absolute atomic E-state index is 0.0235. The molecule has 2 saturated heterocycles. The van der Waals surface area contributed by atoms with E-state index in [1.807, 2.05) is 0 Å². The van der Waals surface area contributed by atoms with E-state index in [1.54, 1.807) is 19.1 Å². The van der Waals surface area contributed by atoms with Gasteiger partial charge in [-0.1, -0.05) is 19.1 Å². The molecule has 1 saturated carbocycles. The first-order chi connectivity index (χ1) is 23.8. The van der Waals surface area contributed by atoms with Crippen molar-refractivity contribution < 1.29 is 69.3 Å². The van der Waals surface area contributed by atoms with Crippen LogP contribution in [0.1, 0.15) is 13.3 Å². The highest BCUT2D eigenvalue weighted by atomic mass is 16.8. The van der Waals surface area contributed by atoms with E-state index < -0.39 is 129 Å². The van der Waals surface area contributed by atoms with E-state index >= 15 is 0 Å². The van der Waals surface area contributed by atoms with Crippen LogP contribution in [-0.4, -0.2) is 197 Å². The standard InChI is InChI=1S/C30H58N6O14/c1-12-21(41)23(43)19(6-32)46-28(12)49-26-20(11-38)47-30(24(26)44)50-27-22(42)18(36-8-13(39)5-31)4-17(34)25(27)48-29-16(33)3-2-15(45-29)9-35-7-14(40)10-37/h2-3,12-30,35-44H,4-11,31-34H2,1H3/t12-,13?,14?,15+,16-,17+,18-,19+,20-,21-,22+,23-,24-,25-,26-,27-,28-,29-,30+/m1/s1. The van der Waals surface area contributed by atoms with E-state index in [9.17, 15) is 35.7 Å². The van der Waals surface area contributed by atoms with E-state index in [-0.39, 0.29) is 39.1 Å². The molecule has 0 amide bonds. The summed E-state index contributed by atoms with van der Waals surface area (Å²) in [5, 5.41) is 88.8. The molecule has 1 aliphatic carbocycles. The van der Waals surface area contributed by atoms with Gasteiger partial charge in [-0.25, -0.2) is 0 Å². The van der Waals surface area contributed by atoms with Gasteiger partial charge in [-0.05, 0) is 6.42 Å². The number of aliphatic hydroxyl groups is 8. The number of hydrogen-bond donors (Lipinski definition) is 14. The number of rotatable bonds is 17. The van der Waals surface area contributed by atoms with Gasteiger partial charge in [0.25, 0.3) is 0 Å². The zero-order valence-corrected chi connectivity index (χ0v) is 28.1. The zero-order valence-electron chi connectivity index (χ0n) is 28.1. The SMILES string of the molecule is C[C@H]1[C@@H](O[C@H]2[C@@H](O)[C@H](O[C@@H]3[C@@H](O)[C@H](NCC(O)CN)C[C@H](N)[C@H]3O[C@H]3O[C@H](CNCC(O)CO)C=C[C@H]3N)O[C@@H]2CO)O[C@@H](CN)[C@@H](O)[C@@H]1O. The second-order valence-electron chi connectivity index (χ2n) is 13.4. The van der Waals surface area contributed by atoms with Crippen molar-refractivity contribution in [1.82, 2.24) is 10.6 Å². The van der Waals surface area contributed by atoms with Crippen molar-refractivity contribution in [3.05, 3.63) is 12.2 Å². The summed E-state index contributed by atoms with van der Waals surface area (Å²) in [6, 6.07) is -2.27. The van der Waals surface area contributed by atoms with Gasteiger partial charge in [0.15, 0.2) is 18.9 Å². The Morgan fingerprint density at radius 3 is 2.12 bits per heavy atom. The molecule has 4 aliphatic rings. The van der Waals surface area contributed by atoms with Crippen molar-refractivity contribution in [1.29, 1.82) is 0 Å². The summed E-state index contributed by atoms with van der Waals surface area (Å²) in [5.41, 5.74) is 24.1. The van der Waals surface area contributed by atoms with Gasteiger partial charge in [0.1, 0.15) is 42.7 Å². The summed E-state index contributed by atoms with van der Waals surface area (Å²) < 4.78 is 36.2. The second-order valence-corrected chi connectivity index (χ2v) is 13.4. The van der Waals surface area contributed by atoms with Crippen LogP contribution < -0.4 is 33.6 Å². The topological polar surface area (TPSA) is 345 Å². The largest absolute Gasteiger partial charge is 0.394 e. The first-order valence-corrected chi connectivity index (χ1v) is 17.1.